The van der Waals surface area contributed by atoms with Crippen LogP contribution in [0.3, 0.4) is 0 Å². The van der Waals surface area contributed by atoms with E-state index >= 15 is 0 Å². The second-order valence-electron chi connectivity index (χ2n) is 7.63. The van der Waals surface area contributed by atoms with Gasteiger partial charge >= 0.3 is 0 Å². The number of hydrogen-bond donors (Lipinski definition) is 4. The second kappa shape index (κ2) is 11.0. The van der Waals surface area contributed by atoms with Crippen LogP contribution in [0.4, 0.5) is 28.6 Å². The second-order valence-corrected chi connectivity index (χ2v) is 7.63. The number of para-hydroxylation sites is 2. The fraction of sp³-hybridized carbons (Fsp3) is 0.200. The summed E-state index contributed by atoms with van der Waals surface area (Å²) in [5.41, 5.74) is 4.25. The molecule has 0 aliphatic rings. The molecule has 0 bridgehead atoms. The minimum Gasteiger partial charge on any atom is -0.383 e. The Labute approximate surface area is 197 Å². The van der Waals surface area contributed by atoms with E-state index in [0.29, 0.717) is 35.5 Å². The van der Waals surface area contributed by atoms with Gasteiger partial charge in [-0.2, -0.15) is 0 Å². The number of aromatic nitrogens is 2. The van der Waals surface area contributed by atoms with Crippen molar-refractivity contribution in [3.05, 3.63) is 88.7 Å². The largest absolute Gasteiger partial charge is 0.383 e. The molecule has 4 rings (SSSR count). The van der Waals surface area contributed by atoms with Crippen LogP contribution in [-0.4, -0.2) is 34.5 Å². The average Bonchev–Trinajstić information content (AvgIpc) is 2.86. The Bertz CT molecular complexity index is 1260. The molecule has 0 saturated heterocycles. The van der Waals surface area contributed by atoms with Crippen LogP contribution in [0.1, 0.15) is 12.5 Å². The lowest BCUT2D eigenvalue weighted by atomic mass is 10.1. The smallest absolute Gasteiger partial charge is 0.293 e. The Morgan fingerprint density at radius 1 is 0.853 bits per heavy atom. The molecule has 9 heteroatoms. The predicted octanol–water partition coefficient (Wildman–Crippen LogP) is 5.11. The number of nitro groups is 1. The number of nitrogens with one attached hydrogen (secondary N) is 4. The van der Waals surface area contributed by atoms with Gasteiger partial charge < -0.3 is 21.3 Å². The number of rotatable bonds is 11. The first-order valence-electron chi connectivity index (χ1n) is 11.2. The summed E-state index contributed by atoms with van der Waals surface area (Å²) >= 11 is 0. The third-order valence-corrected chi connectivity index (χ3v) is 5.32. The van der Waals surface area contributed by atoms with Gasteiger partial charge in [0.15, 0.2) is 0 Å². The third kappa shape index (κ3) is 5.50. The van der Waals surface area contributed by atoms with Gasteiger partial charge in [0.05, 0.1) is 10.4 Å². The lowest BCUT2D eigenvalue weighted by molar-refractivity contribution is -0.383. The summed E-state index contributed by atoms with van der Waals surface area (Å²) in [6.07, 6.45) is 1.46. The zero-order chi connectivity index (χ0) is 23.8. The van der Waals surface area contributed by atoms with Crippen molar-refractivity contribution in [3.8, 4) is 0 Å². The first-order valence-corrected chi connectivity index (χ1v) is 11.2. The Balaban J connectivity index is 1.46. The normalized spacial score (nSPS) is 10.6. The van der Waals surface area contributed by atoms with Gasteiger partial charge in [-0.15, -0.1) is 0 Å². The van der Waals surface area contributed by atoms with Crippen molar-refractivity contribution in [2.45, 2.75) is 13.5 Å². The fourth-order valence-electron chi connectivity index (χ4n) is 3.70. The number of hydrogen-bond acceptors (Lipinski definition) is 8. The quantitative estimate of drug-likeness (QED) is 0.140. The summed E-state index contributed by atoms with van der Waals surface area (Å²) in [7, 11) is 0. The van der Waals surface area contributed by atoms with E-state index in [2.05, 4.69) is 31.2 Å². The number of benzene rings is 3. The first kappa shape index (κ1) is 22.8. The standard InChI is InChI=1S/C25H27N7O2/c1-2-26-23-15-22-20(14-24(23)32(33)34)25(31-17-30-22)29-16-18-8-6-7-11-21(18)28-13-12-27-19-9-4-3-5-10-19/h3-11,14-15,17,26-28H,2,12-13,16H2,1H3,(H,29,30,31). The average molecular weight is 458 g/mol. The van der Waals surface area contributed by atoms with Gasteiger partial charge in [-0.25, -0.2) is 9.97 Å². The van der Waals surface area contributed by atoms with Crippen molar-refractivity contribution < 1.29 is 4.92 Å². The van der Waals surface area contributed by atoms with Gasteiger partial charge in [0, 0.05) is 49.0 Å². The molecule has 3 aromatic carbocycles. The summed E-state index contributed by atoms with van der Waals surface area (Å²) in [5, 5.41) is 25.4. The molecule has 0 fully saturated rings. The van der Waals surface area contributed by atoms with Crippen LogP contribution in [-0.2, 0) is 6.54 Å². The van der Waals surface area contributed by atoms with Crippen LogP contribution in [0.5, 0.6) is 0 Å². The van der Waals surface area contributed by atoms with E-state index in [0.717, 1.165) is 30.0 Å². The van der Waals surface area contributed by atoms with Crippen molar-refractivity contribution >= 4 is 39.5 Å². The minimum atomic E-state index is -0.392. The third-order valence-electron chi connectivity index (χ3n) is 5.32. The number of nitro benzene ring substituents is 1. The molecule has 0 spiro atoms. The molecule has 1 heterocycles. The molecule has 0 radical (unpaired) electrons. The summed E-state index contributed by atoms with van der Waals surface area (Å²) in [5.74, 6) is 0.552. The number of anilines is 4. The monoisotopic (exact) mass is 457 g/mol. The van der Waals surface area contributed by atoms with Crippen LogP contribution in [0.25, 0.3) is 10.9 Å². The molecular weight excluding hydrogens is 430 g/mol. The maximum Gasteiger partial charge on any atom is 0.293 e. The van der Waals surface area contributed by atoms with E-state index in [1.54, 1.807) is 6.07 Å². The highest BCUT2D eigenvalue weighted by atomic mass is 16.6. The lowest BCUT2D eigenvalue weighted by Gasteiger charge is -2.15. The Morgan fingerprint density at radius 3 is 2.41 bits per heavy atom. The van der Waals surface area contributed by atoms with E-state index in [1.807, 2.05) is 61.5 Å². The first-order chi connectivity index (χ1) is 16.7. The molecule has 0 aliphatic heterocycles. The molecule has 0 aliphatic carbocycles. The van der Waals surface area contributed by atoms with Crippen molar-refractivity contribution in [3.63, 3.8) is 0 Å². The number of fused-ring (bicyclic) bond motifs is 1. The topological polar surface area (TPSA) is 117 Å². The Morgan fingerprint density at radius 2 is 1.62 bits per heavy atom. The van der Waals surface area contributed by atoms with Crippen LogP contribution >= 0.6 is 0 Å². The van der Waals surface area contributed by atoms with Crippen molar-refractivity contribution in [2.75, 3.05) is 40.9 Å². The van der Waals surface area contributed by atoms with Crippen LogP contribution in [0.2, 0.25) is 0 Å². The molecule has 1 aromatic heterocycles. The van der Waals surface area contributed by atoms with Crippen molar-refractivity contribution in [1.82, 2.24) is 9.97 Å². The maximum atomic E-state index is 11.6. The Hall–Kier alpha value is -4.40. The molecule has 0 amide bonds. The minimum absolute atomic E-state index is 0.000169. The lowest BCUT2D eigenvalue weighted by Crippen LogP contribution is -2.15. The molecule has 4 aromatic rings. The Kier molecular flexibility index (Phi) is 7.34. The van der Waals surface area contributed by atoms with Crippen LogP contribution in [0.15, 0.2) is 73.1 Å². The highest BCUT2D eigenvalue weighted by Gasteiger charge is 2.17. The molecule has 34 heavy (non-hydrogen) atoms. The zero-order valence-electron chi connectivity index (χ0n) is 18.9. The highest BCUT2D eigenvalue weighted by Crippen LogP contribution is 2.32. The summed E-state index contributed by atoms with van der Waals surface area (Å²) < 4.78 is 0. The maximum absolute atomic E-state index is 11.6. The molecule has 174 valence electrons. The fourth-order valence-corrected chi connectivity index (χ4v) is 3.70. The van der Waals surface area contributed by atoms with E-state index in [9.17, 15) is 10.1 Å². The van der Waals surface area contributed by atoms with Gasteiger partial charge in [-0.05, 0) is 36.8 Å². The highest BCUT2D eigenvalue weighted by molar-refractivity contribution is 5.94. The molecule has 9 nitrogen and oxygen atoms in total. The van der Waals surface area contributed by atoms with Crippen LogP contribution in [0, 0.1) is 10.1 Å². The van der Waals surface area contributed by atoms with Gasteiger partial charge in [0.25, 0.3) is 5.69 Å². The summed E-state index contributed by atoms with van der Waals surface area (Å²) in [6.45, 7) is 4.50. The van der Waals surface area contributed by atoms with E-state index in [4.69, 9.17) is 0 Å². The number of nitrogens with zero attached hydrogens (tertiary/aromatic N) is 3. The summed E-state index contributed by atoms with van der Waals surface area (Å²) in [6, 6.07) is 21.3. The molecular formula is C25H27N7O2. The van der Waals surface area contributed by atoms with Gasteiger partial charge in [-0.1, -0.05) is 36.4 Å². The van der Waals surface area contributed by atoms with Gasteiger partial charge in [0.2, 0.25) is 0 Å². The van der Waals surface area contributed by atoms with E-state index in [-0.39, 0.29) is 5.69 Å². The molecule has 0 unspecified atom stereocenters. The molecule has 0 saturated carbocycles. The predicted molar refractivity (Wildman–Crippen MR) is 138 cm³/mol. The molecule has 0 atom stereocenters. The van der Waals surface area contributed by atoms with E-state index in [1.165, 1.54) is 12.4 Å². The van der Waals surface area contributed by atoms with Gasteiger partial charge in [-0.3, -0.25) is 10.1 Å². The summed E-state index contributed by atoms with van der Waals surface area (Å²) in [4.78, 5) is 19.8. The SMILES string of the molecule is CCNc1cc2ncnc(NCc3ccccc3NCCNc3ccccc3)c2cc1[N+](=O)[O-]. The van der Waals surface area contributed by atoms with Crippen LogP contribution < -0.4 is 21.3 Å². The zero-order valence-corrected chi connectivity index (χ0v) is 18.9. The van der Waals surface area contributed by atoms with Crippen molar-refractivity contribution in [2.24, 2.45) is 0 Å². The van der Waals surface area contributed by atoms with E-state index < -0.39 is 4.92 Å². The van der Waals surface area contributed by atoms with Crippen molar-refractivity contribution in [1.29, 1.82) is 0 Å². The van der Waals surface area contributed by atoms with Gasteiger partial charge in [0.1, 0.15) is 17.8 Å². The molecule has 4 N–H and O–H groups in total.